The van der Waals surface area contributed by atoms with Crippen molar-refractivity contribution in [3.05, 3.63) is 95.5 Å². The number of fused-ring (bicyclic) bond motifs is 1. The van der Waals surface area contributed by atoms with Crippen molar-refractivity contribution in [3.63, 3.8) is 0 Å². The molecule has 0 aliphatic heterocycles. The molecule has 11 heteroatoms. The number of carbonyl (C=O) groups excluding carboxylic acids is 1. The maximum Gasteiger partial charge on any atom is 0.261 e. The first kappa shape index (κ1) is 25.7. The number of anilines is 3. The molecule has 0 atom stereocenters. The average Bonchev–Trinajstić information content (AvgIpc) is 2.83. The molecule has 4 rings (SSSR count). The lowest BCUT2D eigenvalue weighted by Gasteiger charge is -2.23. The molecule has 0 aliphatic carbocycles. The Morgan fingerprint density at radius 3 is 2.08 bits per heavy atom. The number of benzene rings is 4. The van der Waals surface area contributed by atoms with Gasteiger partial charge in [0, 0.05) is 21.2 Å². The highest BCUT2D eigenvalue weighted by Gasteiger charge is 2.23. The molecule has 0 aromatic heterocycles. The van der Waals surface area contributed by atoms with Crippen molar-refractivity contribution in [1.82, 2.24) is 0 Å². The molecule has 0 unspecified atom stereocenters. The van der Waals surface area contributed by atoms with Crippen molar-refractivity contribution in [3.8, 4) is 0 Å². The van der Waals surface area contributed by atoms with Crippen LogP contribution in [-0.4, -0.2) is 35.5 Å². The molecule has 2 N–H and O–H groups in total. The molecule has 0 aliphatic rings. The van der Waals surface area contributed by atoms with Crippen LogP contribution in [0, 0.1) is 0 Å². The van der Waals surface area contributed by atoms with E-state index in [1.807, 2.05) is 18.2 Å². The lowest BCUT2D eigenvalue weighted by Crippen LogP contribution is -2.37. The van der Waals surface area contributed by atoms with Crippen LogP contribution in [0.5, 0.6) is 0 Å². The molecule has 1 amide bonds. The second-order valence-corrected chi connectivity index (χ2v) is 12.5. The Balaban J connectivity index is 1.50. The smallest absolute Gasteiger partial charge is 0.261 e. The largest absolute Gasteiger partial charge is 0.325 e. The molecule has 0 saturated heterocycles. The Bertz CT molecular complexity index is 1620. The monoisotopic (exact) mass is 587 g/mol. The van der Waals surface area contributed by atoms with E-state index in [1.165, 1.54) is 24.3 Å². The SMILES string of the molecule is CS(=O)(=O)N(CC(=O)Nc1ccc(S(=O)(=O)Nc2ccc(Br)cc2)cc1)c1cccc2ccccc12. The first-order chi connectivity index (χ1) is 17.0. The van der Waals surface area contributed by atoms with E-state index in [9.17, 15) is 21.6 Å². The van der Waals surface area contributed by atoms with Gasteiger partial charge < -0.3 is 5.32 Å². The standard InChI is InChI=1S/C25H22BrN3O5S2/c1-35(31,32)29(24-8-4-6-18-5-2-3-7-23(18)24)17-25(30)27-20-13-15-22(16-14-20)36(33,34)28-21-11-9-19(26)10-12-21/h2-16,28H,17H2,1H3,(H,27,30). The van der Waals surface area contributed by atoms with Gasteiger partial charge in [-0.3, -0.25) is 13.8 Å². The topological polar surface area (TPSA) is 113 Å². The van der Waals surface area contributed by atoms with Crippen molar-refractivity contribution in [2.75, 3.05) is 27.1 Å². The number of hydrogen-bond acceptors (Lipinski definition) is 5. The summed E-state index contributed by atoms with van der Waals surface area (Å²) in [7, 11) is -7.61. The summed E-state index contributed by atoms with van der Waals surface area (Å²) in [6, 6.07) is 24.8. The number of rotatable bonds is 8. The number of amides is 1. The molecule has 0 radical (unpaired) electrons. The maximum atomic E-state index is 12.8. The quantitative estimate of drug-likeness (QED) is 0.307. The Kier molecular flexibility index (Phi) is 7.34. The van der Waals surface area contributed by atoms with Gasteiger partial charge in [0.1, 0.15) is 6.54 Å². The molecule has 0 fully saturated rings. The minimum Gasteiger partial charge on any atom is -0.325 e. The zero-order valence-corrected chi connectivity index (χ0v) is 22.3. The number of carbonyl (C=O) groups is 1. The molecule has 4 aromatic carbocycles. The van der Waals surface area contributed by atoms with Crippen LogP contribution in [0.1, 0.15) is 0 Å². The third kappa shape index (κ3) is 6.04. The Morgan fingerprint density at radius 1 is 0.806 bits per heavy atom. The predicted molar refractivity (Wildman–Crippen MR) is 146 cm³/mol. The number of nitrogens with zero attached hydrogens (tertiary/aromatic N) is 1. The zero-order chi connectivity index (χ0) is 25.9. The summed E-state index contributed by atoms with van der Waals surface area (Å²) in [5.74, 6) is -0.572. The predicted octanol–water partition coefficient (Wildman–Crippen LogP) is 4.81. The van der Waals surface area contributed by atoms with Crippen LogP contribution in [0.3, 0.4) is 0 Å². The minimum atomic E-state index is -3.83. The molecular formula is C25H22BrN3O5S2. The normalized spacial score (nSPS) is 11.7. The number of nitrogens with one attached hydrogen (secondary N) is 2. The molecule has 8 nitrogen and oxygen atoms in total. The Hall–Kier alpha value is -3.41. The minimum absolute atomic E-state index is 0.0111. The van der Waals surface area contributed by atoms with E-state index < -0.39 is 32.5 Å². The van der Waals surface area contributed by atoms with E-state index in [0.717, 1.165) is 20.4 Å². The lowest BCUT2D eigenvalue weighted by molar-refractivity contribution is -0.114. The van der Waals surface area contributed by atoms with Crippen molar-refractivity contribution in [2.45, 2.75) is 4.90 Å². The molecule has 0 bridgehead atoms. The highest BCUT2D eigenvalue weighted by molar-refractivity contribution is 9.10. The summed E-state index contributed by atoms with van der Waals surface area (Å²) in [5.41, 5.74) is 1.13. The molecule has 4 aromatic rings. The highest BCUT2D eigenvalue weighted by Crippen LogP contribution is 2.28. The summed E-state index contributed by atoms with van der Waals surface area (Å²) >= 11 is 3.30. The molecular weight excluding hydrogens is 566 g/mol. The second-order valence-electron chi connectivity index (χ2n) is 7.95. The second kappa shape index (κ2) is 10.3. The summed E-state index contributed by atoms with van der Waals surface area (Å²) < 4.78 is 54.8. The first-order valence-corrected chi connectivity index (χ1v) is 14.8. The molecule has 0 spiro atoms. The summed E-state index contributed by atoms with van der Waals surface area (Å²) in [5, 5.41) is 4.18. The lowest BCUT2D eigenvalue weighted by atomic mass is 10.1. The van der Waals surface area contributed by atoms with Crippen LogP contribution in [0.15, 0.2) is 100 Å². The van der Waals surface area contributed by atoms with Crippen molar-refractivity contribution in [1.29, 1.82) is 0 Å². The Labute approximate surface area is 218 Å². The number of sulfonamides is 2. The van der Waals surface area contributed by atoms with Gasteiger partial charge in [0.25, 0.3) is 10.0 Å². The molecule has 0 saturated carbocycles. The fourth-order valence-corrected chi connectivity index (χ4v) is 5.78. The van der Waals surface area contributed by atoms with Gasteiger partial charge in [-0.15, -0.1) is 0 Å². The average molecular weight is 589 g/mol. The molecule has 0 heterocycles. The van der Waals surface area contributed by atoms with Crippen molar-refractivity contribution in [2.24, 2.45) is 0 Å². The van der Waals surface area contributed by atoms with Gasteiger partial charge >= 0.3 is 0 Å². The van der Waals surface area contributed by atoms with Crippen LogP contribution in [-0.2, 0) is 24.8 Å². The van der Waals surface area contributed by atoms with Gasteiger partial charge in [0.2, 0.25) is 15.9 Å². The van der Waals surface area contributed by atoms with Gasteiger partial charge in [-0.25, -0.2) is 16.8 Å². The van der Waals surface area contributed by atoms with E-state index in [-0.39, 0.29) is 4.90 Å². The maximum absolute atomic E-state index is 12.8. The van der Waals surface area contributed by atoms with Crippen LogP contribution in [0.25, 0.3) is 10.8 Å². The third-order valence-electron chi connectivity index (χ3n) is 5.27. The Morgan fingerprint density at radius 2 is 1.42 bits per heavy atom. The fraction of sp³-hybridized carbons (Fsp3) is 0.0800. The molecule has 186 valence electrons. The van der Waals surface area contributed by atoms with Crippen LogP contribution in [0.4, 0.5) is 17.1 Å². The fourth-order valence-electron chi connectivity index (χ4n) is 3.59. The summed E-state index contributed by atoms with van der Waals surface area (Å²) in [6.45, 7) is -0.446. The number of halogens is 1. The number of hydrogen-bond donors (Lipinski definition) is 2. The van der Waals surface area contributed by atoms with E-state index in [1.54, 1.807) is 48.5 Å². The van der Waals surface area contributed by atoms with Gasteiger partial charge in [-0.2, -0.15) is 0 Å². The van der Waals surface area contributed by atoms with Gasteiger partial charge in [0.05, 0.1) is 16.8 Å². The van der Waals surface area contributed by atoms with E-state index in [4.69, 9.17) is 0 Å². The van der Waals surface area contributed by atoms with E-state index >= 15 is 0 Å². The van der Waals surface area contributed by atoms with Crippen LogP contribution >= 0.6 is 15.9 Å². The van der Waals surface area contributed by atoms with Gasteiger partial charge in [-0.05, 0) is 60.0 Å². The van der Waals surface area contributed by atoms with Crippen LogP contribution < -0.4 is 14.3 Å². The molecule has 36 heavy (non-hydrogen) atoms. The zero-order valence-electron chi connectivity index (χ0n) is 19.1. The summed E-state index contributed by atoms with van der Waals surface area (Å²) in [6.07, 6.45) is 1.04. The third-order valence-corrected chi connectivity index (χ3v) is 8.32. The van der Waals surface area contributed by atoms with Gasteiger partial charge in [-0.1, -0.05) is 52.3 Å². The van der Waals surface area contributed by atoms with Crippen LogP contribution in [0.2, 0.25) is 0 Å². The van der Waals surface area contributed by atoms with Gasteiger partial charge in [0.15, 0.2) is 0 Å². The first-order valence-electron chi connectivity index (χ1n) is 10.7. The van der Waals surface area contributed by atoms with Crippen molar-refractivity contribution < 1.29 is 21.6 Å². The highest BCUT2D eigenvalue weighted by atomic mass is 79.9. The van der Waals surface area contributed by atoms with Crippen molar-refractivity contribution >= 4 is 69.7 Å². The van der Waals surface area contributed by atoms with E-state index in [2.05, 4.69) is 26.0 Å². The van der Waals surface area contributed by atoms with E-state index in [0.29, 0.717) is 22.4 Å². The summed E-state index contributed by atoms with van der Waals surface area (Å²) in [4.78, 5) is 12.8.